The molecule has 2 heterocycles. The summed E-state index contributed by atoms with van der Waals surface area (Å²) in [5.74, 6) is 0.668. The van der Waals surface area contributed by atoms with E-state index in [9.17, 15) is 0 Å². The van der Waals surface area contributed by atoms with E-state index in [-0.39, 0.29) is 0 Å². The van der Waals surface area contributed by atoms with Gasteiger partial charge in [-0.15, -0.1) is 0 Å². The van der Waals surface area contributed by atoms with Crippen molar-refractivity contribution in [1.29, 1.82) is 0 Å². The maximum Gasteiger partial charge on any atom is 0.160 e. The fourth-order valence-electron chi connectivity index (χ4n) is 10.5. The van der Waals surface area contributed by atoms with E-state index in [0.29, 0.717) is 5.82 Å². The topological polar surface area (TPSA) is 38.9 Å². The van der Waals surface area contributed by atoms with E-state index in [4.69, 9.17) is 14.4 Å². The molecule has 0 fully saturated rings. The number of hydrogen-bond donors (Lipinski definition) is 0. The van der Waals surface area contributed by atoms with Gasteiger partial charge < -0.3 is 4.42 Å². The molecule has 2 aliphatic carbocycles. The second-order valence-corrected chi connectivity index (χ2v) is 16.4. The molecule has 0 saturated carbocycles. The van der Waals surface area contributed by atoms with Crippen molar-refractivity contribution >= 4 is 21.9 Å². The SMILES string of the molecule is c1ccc(-c2cccc(-c3nc(-c4ccc5c(c4)-c4ccccc4C54c5ccccc5-c5ccccc5-c5ccccc54)cc(-c4cccc5oc6ccccc6c45)n3)c2)cc1. The van der Waals surface area contributed by atoms with Crippen LogP contribution in [0, 0.1) is 0 Å². The van der Waals surface area contributed by atoms with E-state index in [0.717, 1.165) is 61.1 Å². The predicted molar refractivity (Wildman–Crippen MR) is 253 cm³/mol. The number of hydrogen-bond acceptors (Lipinski definition) is 3. The second kappa shape index (κ2) is 13.4. The Hall–Kier alpha value is -8.14. The van der Waals surface area contributed by atoms with Gasteiger partial charge in [0, 0.05) is 27.5 Å². The molecule has 0 bridgehead atoms. The van der Waals surface area contributed by atoms with Gasteiger partial charge in [0.25, 0.3) is 0 Å². The second-order valence-electron chi connectivity index (χ2n) is 16.4. The van der Waals surface area contributed by atoms with Crippen LogP contribution in [0.1, 0.15) is 22.3 Å². The maximum atomic E-state index is 6.38. The van der Waals surface area contributed by atoms with E-state index >= 15 is 0 Å². The van der Waals surface area contributed by atoms with Crippen LogP contribution < -0.4 is 0 Å². The molecule has 2 aromatic heterocycles. The Kier molecular flexibility index (Phi) is 7.52. The monoisotopic (exact) mass is 788 g/mol. The normalized spacial score (nSPS) is 13.0. The highest BCUT2D eigenvalue weighted by molar-refractivity contribution is 6.12. The van der Waals surface area contributed by atoms with E-state index in [1.54, 1.807) is 0 Å². The van der Waals surface area contributed by atoms with Crippen molar-refractivity contribution in [2.24, 2.45) is 0 Å². The first-order valence-electron chi connectivity index (χ1n) is 21.2. The highest BCUT2D eigenvalue weighted by Gasteiger charge is 2.49. The molecule has 2 aliphatic rings. The minimum absolute atomic E-state index is 0.547. The van der Waals surface area contributed by atoms with Crippen LogP contribution in [0.5, 0.6) is 0 Å². The molecule has 0 saturated heterocycles. The zero-order chi connectivity index (χ0) is 40.8. The Morgan fingerprint density at radius 2 is 0.823 bits per heavy atom. The van der Waals surface area contributed by atoms with Crippen molar-refractivity contribution in [3.05, 3.63) is 241 Å². The minimum Gasteiger partial charge on any atom is -0.456 e. The Morgan fingerprint density at radius 3 is 1.55 bits per heavy atom. The molecule has 0 radical (unpaired) electrons. The summed E-state index contributed by atoms with van der Waals surface area (Å²) in [5.41, 5.74) is 20.7. The van der Waals surface area contributed by atoms with Gasteiger partial charge in [0.05, 0.1) is 16.8 Å². The van der Waals surface area contributed by atoms with Crippen molar-refractivity contribution < 1.29 is 4.42 Å². The van der Waals surface area contributed by atoms with Crippen molar-refractivity contribution in [3.8, 4) is 78.4 Å². The molecule has 0 unspecified atom stereocenters. The van der Waals surface area contributed by atoms with Gasteiger partial charge in [-0.25, -0.2) is 9.97 Å². The van der Waals surface area contributed by atoms with Gasteiger partial charge >= 0.3 is 0 Å². The number of benzene rings is 9. The molecule has 3 heteroatoms. The minimum atomic E-state index is -0.547. The molecule has 13 rings (SSSR count). The smallest absolute Gasteiger partial charge is 0.160 e. The van der Waals surface area contributed by atoms with Crippen molar-refractivity contribution in [2.75, 3.05) is 0 Å². The van der Waals surface area contributed by atoms with Crippen molar-refractivity contribution in [2.45, 2.75) is 5.41 Å². The van der Waals surface area contributed by atoms with E-state index in [1.165, 1.54) is 55.6 Å². The van der Waals surface area contributed by atoms with Crippen molar-refractivity contribution in [1.82, 2.24) is 9.97 Å². The molecular formula is C59H36N2O. The van der Waals surface area contributed by atoms with Crippen LogP contribution >= 0.6 is 0 Å². The Bertz CT molecular complexity index is 3530. The van der Waals surface area contributed by atoms with E-state index in [1.807, 2.05) is 18.2 Å². The predicted octanol–water partition coefficient (Wildman–Crippen LogP) is 15.1. The Balaban J connectivity index is 1.07. The molecule has 0 amide bonds. The fraction of sp³-hybridized carbons (Fsp3) is 0.0169. The lowest BCUT2D eigenvalue weighted by Gasteiger charge is -2.35. The summed E-state index contributed by atoms with van der Waals surface area (Å²) in [7, 11) is 0. The molecule has 1 spiro atoms. The number of furan rings is 1. The summed E-state index contributed by atoms with van der Waals surface area (Å²) in [6.07, 6.45) is 0. The fourth-order valence-corrected chi connectivity index (χ4v) is 10.5. The number of nitrogens with zero attached hydrogens (tertiary/aromatic N) is 2. The van der Waals surface area contributed by atoms with Crippen LogP contribution in [0.2, 0.25) is 0 Å². The van der Waals surface area contributed by atoms with E-state index < -0.39 is 5.41 Å². The molecule has 9 aromatic carbocycles. The molecule has 288 valence electrons. The Morgan fingerprint density at radius 1 is 0.306 bits per heavy atom. The van der Waals surface area contributed by atoms with Crippen LogP contribution in [0.25, 0.3) is 100 Å². The van der Waals surface area contributed by atoms with E-state index in [2.05, 4.69) is 200 Å². The third kappa shape index (κ3) is 5.00. The first-order valence-corrected chi connectivity index (χ1v) is 21.2. The average molecular weight is 789 g/mol. The molecule has 0 aliphatic heterocycles. The number of aromatic nitrogens is 2. The zero-order valence-electron chi connectivity index (χ0n) is 33.6. The first kappa shape index (κ1) is 34.7. The van der Waals surface area contributed by atoms with Gasteiger partial charge in [0.2, 0.25) is 0 Å². The van der Waals surface area contributed by atoms with Gasteiger partial charge in [-0.05, 0) is 97.1 Å². The van der Waals surface area contributed by atoms with Crippen LogP contribution in [-0.4, -0.2) is 9.97 Å². The quantitative estimate of drug-likeness (QED) is 0.178. The molecule has 62 heavy (non-hydrogen) atoms. The van der Waals surface area contributed by atoms with Crippen LogP contribution in [0.4, 0.5) is 0 Å². The zero-order valence-corrected chi connectivity index (χ0v) is 33.6. The summed E-state index contributed by atoms with van der Waals surface area (Å²) >= 11 is 0. The highest BCUT2D eigenvalue weighted by Crippen LogP contribution is 2.61. The van der Waals surface area contributed by atoms with Gasteiger partial charge in [-0.1, -0.05) is 188 Å². The van der Waals surface area contributed by atoms with Crippen LogP contribution in [0.3, 0.4) is 0 Å². The number of rotatable bonds is 4. The summed E-state index contributed by atoms with van der Waals surface area (Å²) in [6, 6.07) is 78.7. The maximum absolute atomic E-state index is 6.38. The molecule has 0 atom stereocenters. The lowest BCUT2D eigenvalue weighted by Crippen LogP contribution is -2.29. The van der Waals surface area contributed by atoms with Gasteiger partial charge in [-0.3, -0.25) is 0 Å². The highest BCUT2D eigenvalue weighted by atomic mass is 16.3. The summed E-state index contributed by atoms with van der Waals surface area (Å²) in [4.78, 5) is 10.8. The molecular weight excluding hydrogens is 753 g/mol. The van der Waals surface area contributed by atoms with Gasteiger partial charge in [-0.2, -0.15) is 0 Å². The summed E-state index contributed by atoms with van der Waals surface area (Å²) in [5, 5.41) is 2.12. The third-order valence-electron chi connectivity index (χ3n) is 13.1. The first-order chi connectivity index (χ1) is 30.7. The lowest BCUT2D eigenvalue weighted by molar-refractivity contribution is 0.669. The average Bonchev–Trinajstić information content (AvgIpc) is 3.84. The number of fused-ring (bicyclic) bond motifs is 15. The summed E-state index contributed by atoms with van der Waals surface area (Å²) in [6.45, 7) is 0. The van der Waals surface area contributed by atoms with Gasteiger partial charge in [0.1, 0.15) is 11.2 Å². The molecule has 11 aromatic rings. The third-order valence-corrected chi connectivity index (χ3v) is 13.1. The standard InChI is InChI=1S/C59H36N2O/c1-2-16-37(17-3-1)38-18-14-19-40(34-38)58-60-53(36-54(61-58)46-26-15-31-56-57(46)47-25-9-13-30-55(47)62-56)39-32-33-52-48(35-39)45-24-8-12-29-51(45)59(52)49-27-10-6-22-43(49)41-20-4-5-21-42(41)44-23-7-11-28-50(44)59/h1-36H. The molecule has 0 N–H and O–H groups in total. The number of para-hydroxylation sites is 1. The van der Waals surface area contributed by atoms with Crippen molar-refractivity contribution in [3.63, 3.8) is 0 Å². The largest absolute Gasteiger partial charge is 0.456 e. The lowest BCUT2D eigenvalue weighted by atomic mass is 9.66. The molecule has 3 nitrogen and oxygen atoms in total. The summed E-state index contributed by atoms with van der Waals surface area (Å²) < 4.78 is 6.38. The van der Waals surface area contributed by atoms with Crippen LogP contribution in [0.15, 0.2) is 223 Å². The Labute approximate surface area is 359 Å². The van der Waals surface area contributed by atoms with Crippen LogP contribution in [-0.2, 0) is 5.41 Å². The van der Waals surface area contributed by atoms with Gasteiger partial charge in [0.15, 0.2) is 5.82 Å².